The van der Waals surface area contributed by atoms with Crippen LogP contribution in [0.2, 0.25) is 0 Å². The third-order valence-corrected chi connectivity index (χ3v) is 4.20. The predicted octanol–water partition coefficient (Wildman–Crippen LogP) is 1.72. The topological polar surface area (TPSA) is 114 Å². The second kappa shape index (κ2) is 6.94. The summed E-state index contributed by atoms with van der Waals surface area (Å²) in [6.07, 6.45) is 4.70. The first-order chi connectivity index (χ1) is 13.1. The first-order valence-corrected chi connectivity index (χ1v) is 8.37. The van der Waals surface area contributed by atoms with Crippen molar-refractivity contribution in [3.63, 3.8) is 0 Å². The Labute approximate surface area is 154 Å². The second-order valence-electron chi connectivity index (χ2n) is 6.21. The van der Waals surface area contributed by atoms with E-state index in [1.54, 1.807) is 47.8 Å². The van der Waals surface area contributed by atoms with Crippen molar-refractivity contribution < 1.29 is 14.1 Å². The normalized spacial score (nSPS) is 13.9. The van der Waals surface area contributed by atoms with Gasteiger partial charge in [0.2, 0.25) is 17.6 Å². The van der Waals surface area contributed by atoms with Crippen molar-refractivity contribution in [2.45, 2.75) is 12.8 Å². The van der Waals surface area contributed by atoms with Gasteiger partial charge in [0.1, 0.15) is 5.69 Å². The van der Waals surface area contributed by atoms with Crippen LogP contribution in [0.4, 0.5) is 5.69 Å². The Kier molecular flexibility index (Phi) is 4.33. The standard InChI is InChI=1S/C18H16N6O3/c1-11(25)21-14-4-2-12(3-5-14)18(26)24-9-13(10-24)17-22-16(23-27-17)15-8-19-6-7-20-15/h2-8,13H,9-10H2,1H3,(H,21,25). The van der Waals surface area contributed by atoms with Crippen LogP contribution in [0.15, 0.2) is 47.4 Å². The third-order valence-electron chi connectivity index (χ3n) is 4.20. The average Bonchev–Trinajstić information content (AvgIpc) is 3.11. The molecule has 27 heavy (non-hydrogen) atoms. The van der Waals surface area contributed by atoms with Gasteiger partial charge in [0.15, 0.2) is 0 Å². The SMILES string of the molecule is CC(=O)Nc1ccc(C(=O)N2CC(c3nc(-c4cnccn4)no3)C2)cc1. The van der Waals surface area contributed by atoms with E-state index in [2.05, 4.69) is 25.4 Å². The van der Waals surface area contributed by atoms with Crippen LogP contribution in [0, 0.1) is 0 Å². The molecule has 0 spiro atoms. The highest BCUT2D eigenvalue weighted by Gasteiger charge is 2.36. The number of nitrogens with one attached hydrogen (secondary N) is 1. The Hall–Kier alpha value is -3.62. The van der Waals surface area contributed by atoms with E-state index in [1.165, 1.54) is 6.92 Å². The molecule has 0 saturated carbocycles. The summed E-state index contributed by atoms with van der Waals surface area (Å²) in [6, 6.07) is 6.80. The van der Waals surface area contributed by atoms with Crippen molar-refractivity contribution in [1.29, 1.82) is 0 Å². The molecule has 0 bridgehead atoms. The summed E-state index contributed by atoms with van der Waals surface area (Å²) in [6.45, 7) is 2.45. The summed E-state index contributed by atoms with van der Waals surface area (Å²) in [7, 11) is 0. The Morgan fingerprint density at radius 3 is 2.63 bits per heavy atom. The molecule has 2 amide bonds. The van der Waals surface area contributed by atoms with Crippen LogP contribution < -0.4 is 5.32 Å². The Balaban J connectivity index is 1.37. The number of benzene rings is 1. The minimum atomic E-state index is -0.153. The summed E-state index contributed by atoms with van der Waals surface area (Å²) in [5.41, 5.74) is 1.76. The van der Waals surface area contributed by atoms with E-state index in [1.807, 2.05) is 0 Å². The monoisotopic (exact) mass is 364 g/mol. The maximum Gasteiger partial charge on any atom is 0.253 e. The molecule has 2 aromatic heterocycles. The number of amides is 2. The van der Waals surface area contributed by atoms with Gasteiger partial charge in [-0.05, 0) is 24.3 Å². The summed E-state index contributed by atoms with van der Waals surface area (Å²) in [4.78, 5) is 37.7. The molecule has 9 nitrogen and oxygen atoms in total. The van der Waals surface area contributed by atoms with E-state index in [4.69, 9.17) is 4.52 Å². The van der Waals surface area contributed by atoms with Crippen molar-refractivity contribution in [1.82, 2.24) is 25.0 Å². The van der Waals surface area contributed by atoms with Crippen molar-refractivity contribution in [3.05, 3.63) is 54.3 Å². The molecule has 3 aromatic rings. The van der Waals surface area contributed by atoms with E-state index < -0.39 is 0 Å². The van der Waals surface area contributed by atoms with Crippen LogP contribution in [0.5, 0.6) is 0 Å². The summed E-state index contributed by atoms with van der Waals surface area (Å²) in [5.74, 6) is 0.650. The zero-order chi connectivity index (χ0) is 18.8. The fraction of sp³-hybridized carbons (Fsp3) is 0.222. The fourth-order valence-corrected chi connectivity index (χ4v) is 2.80. The van der Waals surface area contributed by atoms with Gasteiger partial charge in [-0.1, -0.05) is 5.16 Å². The van der Waals surface area contributed by atoms with Crippen LogP contribution in [-0.4, -0.2) is 49.9 Å². The van der Waals surface area contributed by atoms with E-state index >= 15 is 0 Å². The molecule has 3 heterocycles. The van der Waals surface area contributed by atoms with E-state index in [9.17, 15) is 9.59 Å². The lowest BCUT2D eigenvalue weighted by molar-refractivity contribution is -0.114. The van der Waals surface area contributed by atoms with Crippen LogP contribution >= 0.6 is 0 Å². The minimum absolute atomic E-state index is 0.00511. The molecular weight excluding hydrogens is 348 g/mol. The highest BCUT2D eigenvalue weighted by molar-refractivity contribution is 5.96. The molecule has 136 valence electrons. The molecule has 1 saturated heterocycles. The van der Waals surface area contributed by atoms with Crippen molar-refractivity contribution in [3.8, 4) is 11.5 Å². The van der Waals surface area contributed by atoms with E-state index in [-0.39, 0.29) is 17.7 Å². The lowest BCUT2D eigenvalue weighted by Gasteiger charge is -2.37. The van der Waals surface area contributed by atoms with Crippen LogP contribution in [0.25, 0.3) is 11.5 Å². The number of carbonyl (C=O) groups is 2. The van der Waals surface area contributed by atoms with Crippen LogP contribution in [0.3, 0.4) is 0 Å². The second-order valence-corrected chi connectivity index (χ2v) is 6.21. The number of carbonyl (C=O) groups excluding carboxylic acids is 2. The molecule has 0 aliphatic carbocycles. The average molecular weight is 364 g/mol. The molecule has 4 rings (SSSR count). The van der Waals surface area contributed by atoms with Gasteiger partial charge < -0.3 is 14.7 Å². The van der Waals surface area contributed by atoms with Gasteiger partial charge in [-0.3, -0.25) is 14.6 Å². The number of likely N-dealkylation sites (tertiary alicyclic amines) is 1. The number of rotatable bonds is 4. The summed E-state index contributed by atoms with van der Waals surface area (Å²) in [5, 5.41) is 6.60. The summed E-state index contributed by atoms with van der Waals surface area (Å²) < 4.78 is 5.30. The smallest absolute Gasteiger partial charge is 0.253 e. The van der Waals surface area contributed by atoms with Crippen molar-refractivity contribution in [2.75, 3.05) is 18.4 Å². The number of anilines is 1. The van der Waals surface area contributed by atoms with E-state index in [0.29, 0.717) is 41.7 Å². The maximum atomic E-state index is 12.5. The molecule has 1 aliphatic rings. The molecule has 9 heteroatoms. The highest BCUT2D eigenvalue weighted by Crippen LogP contribution is 2.28. The molecule has 1 N–H and O–H groups in total. The number of hydrogen-bond acceptors (Lipinski definition) is 7. The molecule has 1 aromatic carbocycles. The van der Waals surface area contributed by atoms with Gasteiger partial charge in [-0.25, -0.2) is 4.98 Å². The van der Waals surface area contributed by atoms with Gasteiger partial charge in [-0.2, -0.15) is 4.98 Å². The molecule has 0 unspecified atom stereocenters. The molecular formula is C18H16N6O3. The highest BCUT2D eigenvalue weighted by atomic mass is 16.5. The quantitative estimate of drug-likeness (QED) is 0.750. The van der Waals surface area contributed by atoms with Gasteiger partial charge >= 0.3 is 0 Å². The lowest BCUT2D eigenvalue weighted by Crippen LogP contribution is -2.48. The maximum absolute atomic E-state index is 12.5. The Morgan fingerprint density at radius 2 is 1.96 bits per heavy atom. The number of nitrogens with zero attached hydrogens (tertiary/aromatic N) is 5. The largest absolute Gasteiger partial charge is 0.338 e. The Bertz CT molecular complexity index is 964. The van der Waals surface area contributed by atoms with Crippen LogP contribution in [0.1, 0.15) is 29.1 Å². The number of aromatic nitrogens is 4. The number of hydrogen-bond donors (Lipinski definition) is 1. The zero-order valence-electron chi connectivity index (χ0n) is 14.5. The van der Waals surface area contributed by atoms with Crippen molar-refractivity contribution >= 4 is 17.5 Å². The van der Waals surface area contributed by atoms with E-state index in [0.717, 1.165) is 0 Å². The van der Waals surface area contributed by atoms with Crippen molar-refractivity contribution in [2.24, 2.45) is 0 Å². The van der Waals surface area contributed by atoms with Gasteiger partial charge in [0.25, 0.3) is 5.91 Å². The molecule has 1 fully saturated rings. The molecule has 0 radical (unpaired) electrons. The van der Waals surface area contributed by atoms with Gasteiger partial charge in [0, 0.05) is 43.7 Å². The lowest BCUT2D eigenvalue weighted by atomic mass is 9.98. The molecule has 1 aliphatic heterocycles. The van der Waals surface area contributed by atoms with Gasteiger partial charge in [-0.15, -0.1) is 0 Å². The Morgan fingerprint density at radius 1 is 1.19 bits per heavy atom. The fourth-order valence-electron chi connectivity index (χ4n) is 2.80. The minimum Gasteiger partial charge on any atom is -0.338 e. The van der Waals surface area contributed by atoms with Crippen LogP contribution in [-0.2, 0) is 4.79 Å². The first kappa shape index (κ1) is 16.8. The summed E-state index contributed by atoms with van der Waals surface area (Å²) >= 11 is 0. The zero-order valence-corrected chi connectivity index (χ0v) is 14.5. The first-order valence-electron chi connectivity index (χ1n) is 8.37. The van der Waals surface area contributed by atoms with Gasteiger partial charge in [0.05, 0.1) is 12.1 Å². The predicted molar refractivity (Wildman–Crippen MR) is 94.7 cm³/mol. The molecule has 0 atom stereocenters. The third kappa shape index (κ3) is 3.52.